The van der Waals surface area contributed by atoms with Gasteiger partial charge in [0.2, 0.25) is 0 Å². The maximum absolute atomic E-state index is 11.2. The van der Waals surface area contributed by atoms with Crippen LogP contribution >= 0.6 is 0 Å². The van der Waals surface area contributed by atoms with Crippen LogP contribution in [-0.4, -0.2) is 16.6 Å². The second-order valence-electron chi connectivity index (χ2n) is 5.97. The largest absolute Gasteiger partial charge is 0.492 e. The van der Waals surface area contributed by atoms with Gasteiger partial charge in [0.05, 0.1) is 6.61 Å². The summed E-state index contributed by atoms with van der Waals surface area (Å²) in [4.78, 5) is 18.0. The van der Waals surface area contributed by atoms with Crippen molar-refractivity contribution in [3.8, 4) is 16.9 Å². The van der Waals surface area contributed by atoms with Crippen molar-refractivity contribution in [1.29, 1.82) is 0 Å². The van der Waals surface area contributed by atoms with Gasteiger partial charge in [-0.3, -0.25) is 4.98 Å². The monoisotopic (exact) mass is 282 g/mol. The van der Waals surface area contributed by atoms with Crippen molar-refractivity contribution in [3.05, 3.63) is 46.6 Å². The maximum atomic E-state index is 11.2. The van der Waals surface area contributed by atoms with E-state index in [0.717, 1.165) is 16.9 Å². The SMILES string of the molecule is CC1(C)COc2ccc(-c3cnc4[nH]c(=O)oc4c3)cc21. The number of aromatic amines is 1. The molecule has 21 heavy (non-hydrogen) atoms. The maximum Gasteiger partial charge on any atom is 0.418 e. The molecule has 1 aromatic carbocycles. The van der Waals surface area contributed by atoms with E-state index in [-0.39, 0.29) is 5.41 Å². The van der Waals surface area contributed by atoms with Crippen LogP contribution in [0, 0.1) is 0 Å². The quantitative estimate of drug-likeness (QED) is 0.745. The number of aromatic nitrogens is 2. The van der Waals surface area contributed by atoms with Crippen LogP contribution in [0.15, 0.2) is 39.7 Å². The Labute approximate surface area is 120 Å². The summed E-state index contributed by atoms with van der Waals surface area (Å²) in [6.45, 7) is 5.01. The number of H-pyrrole nitrogens is 1. The molecule has 1 N–H and O–H groups in total. The minimum atomic E-state index is -0.488. The second kappa shape index (κ2) is 3.97. The van der Waals surface area contributed by atoms with Gasteiger partial charge in [0, 0.05) is 22.7 Å². The highest BCUT2D eigenvalue weighted by Gasteiger charge is 2.31. The summed E-state index contributed by atoms with van der Waals surface area (Å²) >= 11 is 0. The first-order chi connectivity index (χ1) is 10.0. The highest BCUT2D eigenvalue weighted by atomic mass is 16.5. The molecule has 5 heteroatoms. The normalized spacial score (nSPS) is 15.9. The van der Waals surface area contributed by atoms with Gasteiger partial charge >= 0.3 is 5.76 Å². The fraction of sp³-hybridized carbons (Fsp3) is 0.250. The third kappa shape index (κ3) is 1.85. The summed E-state index contributed by atoms with van der Waals surface area (Å²) in [6, 6.07) is 7.92. The first kappa shape index (κ1) is 12.2. The molecule has 4 rings (SSSR count). The van der Waals surface area contributed by atoms with E-state index in [2.05, 4.69) is 29.9 Å². The van der Waals surface area contributed by atoms with Crippen molar-refractivity contribution in [2.75, 3.05) is 6.61 Å². The number of hydrogen-bond acceptors (Lipinski definition) is 4. The molecule has 0 aliphatic carbocycles. The second-order valence-corrected chi connectivity index (χ2v) is 5.97. The van der Waals surface area contributed by atoms with Crippen LogP contribution in [-0.2, 0) is 5.41 Å². The lowest BCUT2D eigenvalue weighted by Crippen LogP contribution is -2.18. The minimum Gasteiger partial charge on any atom is -0.492 e. The molecule has 0 amide bonds. The van der Waals surface area contributed by atoms with E-state index in [4.69, 9.17) is 9.15 Å². The fourth-order valence-electron chi connectivity index (χ4n) is 2.70. The molecule has 0 saturated carbocycles. The lowest BCUT2D eigenvalue weighted by molar-refractivity contribution is 0.291. The van der Waals surface area contributed by atoms with Crippen molar-refractivity contribution >= 4 is 11.2 Å². The number of fused-ring (bicyclic) bond motifs is 2. The lowest BCUT2D eigenvalue weighted by atomic mass is 9.85. The molecule has 1 aliphatic heterocycles. The summed E-state index contributed by atoms with van der Waals surface area (Å²) in [5, 5.41) is 0. The van der Waals surface area contributed by atoms with Crippen molar-refractivity contribution in [1.82, 2.24) is 9.97 Å². The van der Waals surface area contributed by atoms with Crippen LogP contribution in [0.4, 0.5) is 0 Å². The number of benzene rings is 1. The topological polar surface area (TPSA) is 68.1 Å². The molecular formula is C16H14N2O3. The van der Waals surface area contributed by atoms with E-state index in [0.29, 0.717) is 17.8 Å². The molecule has 2 aromatic heterocycles. The van der Waals surface area contributed by atoms with Gasteiger partial charge in [-0.1, -0.05) is 19.9 Å². The van der Waals surface area contributed by atoms with Crippen LogP contribution in [0.5, 0.6) is 5.75 Å². The zero-order valence-corrected chi connectivity index (χ0v) is 11.8. The van der Waals surface area contributed by atoms with Gasteiger partial charge < -0.3 is 9.15 Å². The van der Waals surface area contributed by atoms with Crippen molar-refractivity contribution in [2.45, 2.75) is 19.3 Å². The minimum absolute atomic E-state index is 0.00349. The van der Waals surface area contributed by atoms with E-state index in [1.54, 1.807) is 6.20 Å². The van der Waals surface area contributed by atoms with Gasteiger partial charge in [-0.05, 0) is 23.8 Å². The Morgan fingerprint density at radius 3 is 2.95 bits per heavy atom. The Balaban J connectivity index is 1.87. The number of nitrogens with zero attached hydrogens (tertiary/aromatic N) is 1. The van der Waals surface area contributed by atoms with Crippen LogP contribution < -0.4 is 10.5 Å². The molecular weight excluding hydrogens is 268 g/mol. The van der Waals surface area contributed by atoms with Crippen LogP contribution in [0.1, 0.15) is 19.4 Å². The van der Waals surface area contributed by atoms with Gasteiger partial charge in [-0.2, -0.15) is 0 Å². The average molecular weight is 282 g/mol. The Morgan fingerprint density at radius 2 is 2.10 bits per heavy atom. The molecule has 0 radical (unpaired) electrons. The third-order valence-electron chi connectivity index (χ3n) is 3.91. The first-order valence-corrected chi connectivity index (χ1v) is 6.79. The third-order valence-corrected chi connectivity index (χ3v) is 3.91. The molecule has 0 spiro atoms. The number of pyridine rings is 1. The Hall–Kier alpha value is -2.56. The molecule has 0 saturated heterocycles. The first-order valence-electron chi connectivity index (χ1n) is 6.79. The van der Waals surface area contributed by atoms with Crippen LogP contribution in [0.2, 0.25) is 0 Å². The van der Waals surface area contributed by atoms with Crippen molar-refractivity contribution in [2.24, 2.45) is 0 Å². The number of hydrogen-bond donors (Lipinski definition) is 1. The molecule has 0 fully saturated rings. The fourth-order valence-corrected chi connectivity index (χ4v) is 2.70. The van der Waals surface area contributed by atoms with Crippen molar-refractivity contribution in [3.63, 3.8) is 0 Å². The molecule has 0 atom stereocenters. The van der Waals surface area contributed by atoms with Gasteiger partial charge in [0.1, 0.15) is 5.75 Å². The Morgan fingerprint density at radius 1 is 1.24 bits per heavy atom. The predicted molar refractivity (Wildman–Crippen MR) is 78.6 cm³/mol. The van der Waals surface area contributed by atoms with E-state index in [1.807, 2.05) is 18.2 Å². The average Bonchev–Trinajstić information content (AvgIpc) is 2.97. The highest BCUT2D eigenvalue weighted by molar-refractivity contribution is 5.76. The zero-order valence-electron chi connectivity index (χ0n) is 11.8. The standard InChI is InChI=1S/C16H14N2O3/c1-16(2)8-20-12-4-3-9(5-11(12)16)10-6-13-14(17-7-10)18-15(19)21-13/h3-7H,8H2,1-2H3,(H,17,18,19). The lowest BCUT2D eigenvalue weighted by Gasteiger charge is -2.15. The molecule has 0 unspecified atom stereocenters. The Bertz CT molecular complexity index is 905. The molecule has 5 nitrogen and oxygen atoms in total. The number of ether oxygens (including phenoxy) is 1. The van der Waals surface area contributed by atoms with Gasteiger partial charge in [-0.15, -0.1) is 0 Å². The van der Waals surface area contributed by atoms with Gasteiger partial charge in [0.25, 0.3) is 0 Å². The number of oxazole rings is 1. The molecule has 1 aliphatic rings. The molecule has 0 bridgehead atoms. The smallest absolute Gasteiger partial charge is 0.418 e. The van der Waals surface area contributed by atoms with E-state index in [1.165, 1.54) is 5.56 Å². The highest BCUT2D eigenvalue weighted by Crippen LogP contribution is 2.40. The summed E-state index contributed by atoms with van der Waals surface area (Å²) in [5.41, 5.74) is 4.07. The zero-order chi connectivity index (χ0) is 14.6. The summed E-state index contributed by atoms with van der Waals surface area (Å²) in [6.07, 6.45) is 1.73. The predicted octanol–water partition coefficient (Wildman–Crippen LogP) is 2.85. The van der Waals surface area contributed by atoms with E-state index >= 15 is 0 Å². The van der Waals surface area contributed by atoms with E-state index in [9.17, 15) is 4.79 Å². The van der Waals surface area contributed by atoms with E-state index < -0.39 is 5.76 Å². The van der Waals surface area contributed by atoms with Crippen LogP contribution in [0.25, 0.3) is 22.4 Å². The summed E-state index contributed by atoms with van der Waals surface area (Å²) in [7, 11) is 0. The van der Waals surface area contributed by atoms with Gasteiger partial charge in [-0.25, -0.2) is 9.78 Å². The Kier molecular flexibility index (Phi) is 2.31. The molecule has 3 aromatic rings. The number of rotatable bonds is 1. The summed E-state index contributed by atoms with van der Waals surface area (Å²) < 4.78 is 10.8. The number of nitrogens with one attached hydrogen (secondary N) is 1. The molecule has 106 valence electrons. The summed E-state index contributed by atoms with van der Waals surface area (Å²) in [5.74, 6) is 0.448. The van der Waals surface area contributed by atoms with Crippen molar-refractivity contribution < 1.29 is 9.15 Å². The molecule has 3 heterocycles. The van der Waals surface area contributed by atoms with Gasteiger partial charge in [0.15, 0.2) is 11.2 Å². The van der Waals surface area contributed by atoms with Crippen LogP contribution in [0.3, 0.4) is 0 Å².